The molecule has 1 atom stereocenters. The molecule has 2 aromatic rings. The number of rotatable bonds is 8. The first-order valence-electron chi connectivity index (χ1n) is 8.99. The van der Waals surface area contributed by atoms with E-state index in [1.165, 1.54) is 0 Å². The Morgan fingerprint density at radius 1 is 0.962 bits per heavy atom. The van der Waals surface area contributed by atoms with Crippen molar-refractivity contribution in [2.24, 2.45) is 0 Å². The third-order valence-electron chi connectivity index (χ3n) is 3.98. The number of nitrogens with one attached hydrogen (secondary N) is 2. The quantitative estimate of drug-likeness (QED) is 0.555. The summed E-state index contributed by atoms with van der Waals surface area (Å²) in [5.41, 5.74) is 1.50. The minimum atomic E-state index is -0.690. The standard InChI is InChI=1S/C21H26N2O3/c1-3-4-8-15-26-19-13-11-18(12-14-19)23-21(25)20(24)22-16(2)17-9-6-5-7-10-17/h5-7,9-14,16H,3-4,8,15H2,1-2H3,(H,22,24)(H,23,25)/t16-/m1/s1. The average molecular weight is 354 g/mol. The van der Waals surface area contributed by atoms with Gasteiger partial charge in [0.15, 0.2) is 0 Å². The average Bonchev–Trinajstić information content (AvgIpc) is 2.67. The Kier molecular flexibility index (Phi) is 7.68. The van der Waals surface area contributed by atoms with Crippen LogP contribution < -0.4 is 15.4 Å². The monoisotopic (exact) mass is 354 g/mol. The molecule has 0 radical (unpaired) electrons. The van der Waals surface area contributed by atoms with Crippen LogP contribution in [0.25, 0.3) is 0 Å². The number of carbonyl (C=O) groups is 2. The number of amides is 2. The molecule has 2 aromatic carbocycles. The molecule has 0 aliphatic carbocycles. The summed E-state index contributed by atoms with van der Waals surface area (Å²) >= 11 is 0. The van der Waals surface area contributed by atoms with Crippen molar-refractivity contribution < 1.29 is 14.3 Å². The van der Waals surface area contributed by atoms with E-state index in [1.54, 1.807) is 24.3 Å². The second-order valence-corrected chi connectivity index (χ2v) is 6.14. The van der Waals surface area contributed by atoms with E-state index in [2.05, 4.69) is 17.6 Å². The van der Waals surface area contributed by atoms with Gasteiger partial charge in [0.25, 0.3) is 0 Å². The van der Waals surface area contributed by atoms with Gasteiger partial charge in [-0.15, -0.1) is 0 Å². The van der Waals surface area contributed by atoms with E-state index >= 15 is 0 Å². The van der Waals surface area contributed by atoms with Gasteiger partial charge < -0.3 is 15.4 Å². The molecule has 26 heavy (non-hydrogen) atoms. The molecule has 0 aliphatic rings. The van der Waals surface area contributed by atoms with E-state index in [1.807, 2.05) is 37.3 Å². The highest BCUT2D eigenvalue weighted by Gasteiger charge is 2.17. The number of carbonyl (C=O) groups excluding carboxylic acids is 2. The largest absolute Gasteiger partial charge is 0.494 e. The molecule has 0 unspecified atom stereocenters. The first-order chi connectivity index (χ1) is 12.6. The Hall–Kier alpha value is -2.82. The predicted octanol–water partition coefficient (Wildman–Crippen LogP) is 4.07. The van der Waals surface area contributed by atoms with Gasteiger partial charge in [0.2, 0.25) is 0 Å². The van der Waals surface area contributed by atoms with Gasteiger partial charge in [-0.1, -0.05) is 50.1 Å². The Morgan fingerprint density at radius 2 is 1.65 bits per heavy atom. The fourth-order valence-corrected chi connectivity index (χ4v) is 2.45. The van der Waals surface area contributed by atoms with E-state index in [4.69, 9.17) is 4.74 Å². The van der Waals surface area contributed by atoms with Crippen LogP contribution >= 0.6 is 0 Å². The highest BCUT2D eigenvalue weighted by Crippen LogP contribution is 2.16. The first kappa shape index (κ1) is 19.5. The lowest BCUT2D eigenvalue weighted by molar-refractivity contribution is -0.136. The van der Waals surface area contributed by atoms with Gasteiger partial charge in [0, 0.05) is 5.69 Å². The smallest absolute Gasteiger partial charge is 0.313 e. The molecule has 0 aromatic heterocycles. The van der Waals surface area contributed by atoms with Crippen molar-refractivity contribution >= 4 is 17.5 Å². The Labute approximate surface area is 154 Å². The van der Waals surface area contributed by atoms with Gasteiger partial charge in [-0.3, -0.25) is 9.59 Å². The summed E-state index contributed by atoms with van der Waals surface area (Å²) < 4.78 is 5.63. The summed E-state index contributed by atoms with van der Waals surface area (Å²) in [5, 5.41) is 5.29. The topological polar surface area (TPSA) is 67.4 Å². The van der Waals surface area contributed by atoms with Crippen molar-refractivity contribution in [3.63, 3.8) is 0 Å². The van der Waals surface area contributed by atoms with E-state index in [-0.39, 0.29) is 6.04 Å². The molecule has 2 amide bonds. The molecule has 5 nitrogen and oxygen atoms in total. The summed E-state index contributed by atoms with van der Waals surface area (Å²) in [4.78, 5) is 24.1. The van der Waals surface area contributed by atoms with E-state index in [0.29, 0.717) is 12.3 Å². The van der Waals surface area contributed by atoms with Gasteiger partial charge in [0.05, 0.1) is 12.6 Å². The van der Waals surface area contributed by atoms with Crippen molar-refractivity contribution in [1.29, 1.82) is 0 Å². The van der Waals surface area contributed by atoms with Crippen molar-refractivity contribution in [3.8, 4) is 5.75 Å². The molecule has 2 rings (SSSR count). The summed E-state index contributed by atoms with van der Waals surface area (Å²) in [6, 6.07) is 16.3. The number of hydrogen-bond donors (Lipinski definition) is 2. The van der Waals surface area contributed by atoms with Crippen LogP contribution in [0.1, 0.15) is 44.7 Å². The maximum absolute atomic E-state index is 12.1. The molecule has 0 saturated carbocycles. The van der Waals surface area contributed by atoms with Crippen molar-refractivity contribution in [2.45, 2.75) is 39.2 Å². The summed E-state index contributed by atoms with van der Waals surface area (Å²) in [6.07, 6.45) is 3.32. The molecule has 0 saturated heterocycles. The molecule has 2 N–H and O–H groups in total. The summed E-state index contributed by atoms with van der Waals surface area (Å²) in [5.74, 6) is -0.605. The molecule has 0 fully saturated rings. The molecular weight excluding hydrogens is 328 g/mol. The van der Waals surface area contributed by atoms with Crippen LogP contribution in [0.5, 0.6) is 5.75 Å². The van der Waals surface area contributed by atoms with Crippen molar-refractivity contribution in [1.82, 2.24) is 5.32 Å². The summed E-state index contributed by atoms with van der Waals surface area (Å²) in [7, 11) is 0. The Balaban J connectivity index is 1.82. The van der Waals surface area contributed by atoms with Crippen LogP contribution in [-0.2, 0) is 9.59 Å². The lowest BCUT2D eigenvalue weighted by atomic mass is 10.1. The minimum absolute atomic E-state index is 0.242. The number of hydrogen-bond acceptors (Lipinski definition) is 3. The van der Waals surface area contributed by atoms with E-state index < -0.39 is 11.8 Å². The second kappa shape index (κ2) is 10.2. The Morgan fingerprint density at radius 3 is 2.31 bits per heavy atom. The van der Waals surface area contributed by atoms with Crippen LogP contribution in [0.2, 0.25) is 0 Å². The zero-order chi connectivity index (χ0) is 18.8. The van der Waals surface area contributed by atoms with Gasteiger partial charge in [-0.25, -0.2) is 0 Å². The molecule has 0 spiro atoms. The molecular formula is C21H26N2O3. The Bertz CT molecular complexity index is 699. The molecule has 0 bridgehead atoms. The fraction of sp³-hybridized carbons (Fsp3) is 0.333. The SMILES string of the molecule is CCCCCOc1ccc(NC(=O)C(=O)N[C@H](C)c2ccccc2)cc1. The zero-order valence-electron chi connectivity index (χ0n) is 15.3. The molecule has 5 heteroatoms. The van der Waals surface area contributed by atoms with Crippen molar-refractivity contribution in [2.75, 3.05) is 11.9 Å². The molecule has 0 heterocycles. The number of ether oxygens (including phenoxy) is 1. The van der Waals surface area contributed by atoms with Crippen LogP contribution in [0.4, 0.5) is 5.69 Å². The third kappa shape index (κ3) is 6.24. The van der Waals surface area contributed by atoms with Crippen LogP contribution in [0.3, 0.4) is 0 Å². The second-order valence-electron chi connectivity index (χ2n) is 6.14. The lowest BCUT2D eigenvalue weighted by Crippen LogP contribution is -2.36. The van der Waals surface area contributed by atoms with Crippen LogP contribution in [0, 0.1) is 0 Å². The number of anilines is 1. The third-order valence-corrected chi connectivity index (χ3v) is 3.98. The predicted molar refractivity (Wildman–Crippen MR) is 103 cm³/mol. The highest BCUT2D eigenvalue weighted by molar-refractivity contribution is 6.39. The maximum atomic E-state index is 12.1. The summed E-state index contributed by atoms with van der Waals surface area (Å²) in [6.45, 7) is 4.67. The van der Waals surface area contributed by atoms with Crippen LogP contribution in [-0.4, -0.2) is 18.4 Å². The van der Waals surface area contributed by atoms with Crippen molar-refractivity contribution in [3.05, 3.63) is 60.2 Å². The van der Waals surface area contributed by atoms with E-state index in [0.717, 1.165) is 30.6 Å². The maximum Gasteiger partial charge on any atom is 0.313 e. The normalized spacial score (nSPS) is 11.5. The van der Waals surface area contributed by atoms with Gasteiger partial charge in [0.1, 0.15) is 5.75 Å². The fourth-order valence-electron chi connectivity index (χ4n) is 2.45. The number of benzene rings is 2. The van der Waals surface area contributed by atoms with Gasteiger partial charge in [-0.2, -0.15) is 0 Å². The van der Waals surface area contributed by atoms with E-state index in [9.17, 15) is 9.59 Å². The lowest BCUT2D eigenvalue weighted by Gasteiger charge is -2.14. The van der Waals surface area contributed by atoms with Crippen LogP contribution in [0.15, 0.2) is 54.6 Å². The zero-order valence-corrected chi connectivity index (χ0v) is 15.3. The highest BCUT2D eigenvalue weighted by atomic mass is 16.5. The molecule has 0 aliphatic heterocycles. The van der Waals surface area contributed by atoms with Gasteiger partial charge in [-0.05, 0) is 43.2 Å². The van der Waals surface area contributed by atoms with Gasteiger partial charge >= 0.3 is 11.8 Å². The first-order valence-corrected chi connectivity index (χ1v) is 8.99. The number of unbranched alkanes of at least 4 members (excludes halogenated alkanes) is 2. The molecule has 138 valence electrons. The minimum Gasteiger partial charge on any atom is -0.494 e.